The Bertz CT molecular complexity index is 929. The van der Waals surface area contributed by atoms with E-state index in [2.05, 4.69) is 4.98 Å². The highest BCUT2D eigenvalue weighted by atomic mass is 16.5. The Balaban J connectivity index is 1.88. The number of carbonyl (C=O) groups is 2. The summed E-state index contributed by atoms with van der Waals surface area (Å²) in [5.41, 5.74) is 3.62. The summed E-state index contributed by atoms with van der Waals surface area (Å²) in [6, 6.07) is 7.41. The number of rotatable bonds is 2. The van der Waals surface area contributed by atoms with Crippen molar-refractivity contribution in [3.8, 4) is 0 Å². The van der Waals surface area contributed by atoms with Crippen LogP contribution in [0.25, 0.3) is 10.9 Å². The molecule has 2 aliphatic heterocycles. The lowest BCUT2D eigenvalue weighted by Crippen LogP contribution is -2.47. The van der Waals surface area contributed by atoms with Gasteiger partial charge in [-0.2, -0.15) is 0 Å². The normalized spacial score (nSPS) is 29.3. The van der Waals surface area contributed by atoms with Crippen LogP contribution in [0.15, 0.2) is 35.9 Å². The maximum atomic E-state index is 13.2. The molecule has 1 N–H and O–H groups in total. The topological polar surface area (TPSA) is 71.6 Å². The number of fused-ring (bicyclic) bond motifs is 5. The zero-order chi connectivity index (χ0) is 19.1. The first-order valence-electron chi connectivity index (χ1n) is 9.23. The number of nitrogens with one attached hydrogen (secondary N) is 1. The second kappa shape index (κ2) is 6.94. The molecule has 27 heavy (non-hydrogen) atoms. The van der Waals surface area contributed by atoms with Crippen LogP contribution < -0.4 is 0 Å². The molecule has 0 spiro atoms. The summed E-state index contributed by atoms with van der Waals surface area (Å²) in [4.78, 5) is 31.1. The highest BCUT2D eigenvalue weighted by Gasteiger charge is 2.48. The third kappa shape index (κ3) is 2.80. The summed E-state index contributed by atoms with van der Waals surface area (Å²) >= 11 is 0. The van der Waals surface area contributed by atoms with Crippen LogP contribution in [0.1, 0.15) is 29.4 Å². The average Bonchev–Trinajstić information content (AvgIpc) is 3.24. The zero-order valence-electron chi connectivity index (χ0n) is 15.8. The summed E-state index contributed by atoms with van der Waals surface area (Å²) in [5, 5.41) is 1.03. The predicted molar refractivity (Wildman–Crippen MR) is 102 cm³/mol. The van der Waals surface area contributed by atoms with Crippen molar-refractivity contribution in [3.63, 3.8) is 0 Å². The first-order chi connectivity index (χ1) is 13.1. The van der Waals surface area contributed by atoms with E-state index in [0.29, 0.717) is 18.7 Å². The van der Waals surface area contributed by atoms with Gasteiger partial charge in [0.05, 0.1) is 12.8 Å². The van der Waals surface area contributed by atoms with Gasteiger partial charge in [-0.05, 0) is 18.6 Å². The Morgan fingerprint density at radius 2 is 2.04 bits per heavy atom. The highest BCUT2D eigenvalue weighted by Crippen LogP contribution is 2.39. The van der Waals surface area contributed by atoms with E-state index in [1.165, 1.54) is 7.11 Å². The van der Waals surface area contributed by atoms with Gasteiger partial charge in [0.25, 0.3) is 0 Å². The quantitative estimate of drug-likeness (QED) is 0.652. The summed E-state index contributed by atoms with van der Waals surface area (Å²) < 4.78 is 10.9. The van der Waals surface area contributed by atoms with E-state index in [9.17, 15) is 9.59 Å². The summed E-state index contributed by atoms with van der Waals surface area (Å²) in [6.07, 6.45) is 2.48. The second-order valence-corrected chi connectivity index (χ2v) is 7.16. The van der Waals surface area contributed by atoms with Gasteiger partial charge in [-0.25, -0.2) is 0 Å². The molecule has 1 unspecified atom stereocenters. The molecule has 1 aromatic carbocycles. The van der Waals surface area contributed by atoms with Gasteiger partial charge in [-0.1, -0.05) is 29.8 Å². The number of H-pyrrole nitrogens is 1. The number of carbonyl (C=O) groups excluding carboxylic acids is 2. The van der Waals surface area contributed by atoms with Crippen molar-refractivity contribution in [1.82, 2.24) is 9.88 Å². The maximum Gasteiger partial charge on any atom is 0.323 e. The minimum absolute atomic E-state index is 0.0260. The fraction of sp³-hybridized carbons (Fsp3) is 0.429. The number of nitrogens with zero attached hydrogens (tertiary/aromatic N) is 1. The fourth-order valence-electron chi connectivity index (χ4n) is 4.57. The third-order valence-corrected chi connectivity index (χ3v) is 5.91. The van der Waals surface area contributed by atoms with Gasteiger partial charge in [-0.15, -0.1) is 0 Å². The lowest BCUT2D eigenvalue weighted by molar-refractivity contribution is -0.152. The number of esters is 1. The molecule has 6 heteroatoms. The summed E-state index contributed by atoms with van der Waals surface area (Å²) in [5.74, 6) is -0.495. The molecule has 1 saturated heterocycles. The first kappa shape index (κ1) is 17.9. The maximum absolute atomic E-state index is 13.2. The molecule has 3 heterocycles. The molecule has 4 rings (SSSR count). The van der Waals surface area contributed by atoms with Gasteiger partial charge >= 0.3 is 5.97 Å². The lowest BCUT2D eigenvalue weighted by atomic mass is 9.89. The largest absolute Gasteiger partial charge is 0.468 e. The van der Waals surface area contributed by atoms with Crippen LogP contribution in [0.4, 0.5) is 0 Å². The Morgan fingerprint density at radius 3 is 2.74 bits per heavy atom. The molecular formula is C21H24N2O4. The highest BCUT2D eigenvalue weighted by molar-refractivity contribution is 6.03. The number of allylic oxidation sites excluding steroid dienone is 1. The standard InChI is InChI=1S/C21H24N2O4/c1-4-12-11-23-18(26-2)10-15-13-7-5-6-8-16(13)22-19(15)17(24)9-14(12)20(23)21(25)27-3/h4-8,14,18,20,22H,9-11H2,1-3H3/b12-4-/t14-,18+,20-/m0/s1. The fourth-order valence-corrected chi connectivity index (χ4v) is 4.57. The Morgan fingerprint density at radius 1 is 1.26 bits per heavy atom. The van der Waals surface area contributed by atoms with Crippen LogP contribution >= 0.6 is 0 Å². The van der Waals surface area contributed by atoms with Gasteiger partial charge < -0.3 is 14.5 Å². The predicted octanol–water partition coefficient (Wildman–Crippen LogP) is 2.69. The summed E-state index contributed by atoms with van der Waals surface area (Å²) in [7, 11) is 3.04. The molecule has 0 aliphatic carbocycles. The van der Waals surface area contributed by atoms with E-state index in [-0.39, 0.29) is 30.3 Å². The van der Waals surface area contributed by atoms with E-state index >= 15 is 0 Å². The average molecular weight is 368 g/mol. The minimum Gasteiger partial charge on any atom is -0.468 e. The molecule has 142 valence electrons. The van der Waals surface area contributed by atoms with Crippen molar-refractivity contribution in [2.75, 3.05) is 20.8 Å². The molecular weight excluding hydrogens is 344 g/mol. The number of benzene rings is 1. The number of para-hydroxylation sites is 1. The molecule has 1 fully saturated rings. The van der Waals surface area contributed by atoms with E-state index in [0.717, 1.165) is 22.0 Å². The van der Waals surface area contributed by atoms with Gasteiger partial charge in [0.1, 0.15) is 12.3 Å². The Labute approximate surface area is 158 Å². The van der Waals surface area contributed by atoms with Gasteiger partial charge in [0.15, 0.2) is 5.78 Å². The van der Waals surface area contributed by atoms with Crippen LogP contribution in [0, 0.1) is 5.92 Å². The van der Waals surface area contributed by atoms with Crippen LogP contribution in [0.2, 0.25) is 0 Å². The number of aromatic nitrogens is 1. The SMILES string of the molecule is C/C=C1/CN2[C@H](C(=O)OC)[C@H]1CC(=O)c1[nH]c3ccccc3c1C[C@H]2OC. The monoisotopic (exact) mass is 368 g/mol. The van der Waals surface area contributed by atoms with Crippen LogP contribution in [-0.4, -0.2) is 54.7 Å². The van der Waals surface area contributed by atoms with Crippen molar-refractivity contribution in [1.29, 1.82) is 0 Å². The lowest BCUT2D eigenvalue weighted by Gasteiger charge is -2.31. The van der Waals surface area contributed by atoms with Gasteiger partial charge in [0.2, 0.25) is 0 Å². The molecule has 2 aliphatic rings. The minimum atomic E-state index is -0.509. The molecule has 0 amide bonds. The summed E-state index contributed by atoms with van der Waals surface area (Å²) in [6.45, 7) is 2.55. The first-order valence-corrected chi connectivity index (χ1v) is 9.23. The van der Waals surface area contributed by atoms with Crippen LogP contribution in [0.3, 0.4) is 0 Å². The van der Waals surface area contributed by atoms with E-state index in [1.54, 1.807) is 7.11 Å². The van der Waals surface area contributed by atoms with Crippen LogP contribution in [0.5, 0.6) is 0 Å². The van der Waals surface area contributed by atoms with Gasteiger partial charge in [-0.3, -0.25) is 14.5 Å². The molecule has 1 aromatic heterocycles. The molecule has 0 saturated carbocycles. The number of ether oxygens (including phenoxy) is 2. The van der Waals surface area contributed by atoms with Gasteiger partial charge in [0, 0.05) is 43.3 Å². The van der Waals surface area contributed by atoms with E-state index in [4.69, 9.17) is 9.47 Å². The molecule has 4 atom stereocenters. The number of ketones is 1. The molecule has 2 aromatic rings. The third-order valence-electron chi connectivity index (χ3n) is 5.91. The van der Waals surface area contributed by atoms with Crippen molar-refractivity contribution >= 4 is 22.7 Å². The molecule has 0 radical (unpaired) electrons. The number of aromatic amines is 1. The molecule has 6 nitrogen and oxygen atoms in total. The van der Waals surface area contributed by atoms with E-state index < -0.39 is 6.04 Å². The van der Waals surface area contributed by atoms with Crippen molar-refractivity contribution in [2.45, 2.75) is 32.0 Å². The van der Waals surface area contributed by atoms with E-state index in [1.807, 2.05) is 42.2 Å². The van der Waals surface area contributed by atoms with Crippen molar-refractivity contribution in [2.24, 2.45) is 5.92 Å². The number of hydrogen-bond acceptors (Lipinski definition) is 5. The smallest absolute Gasteiger partial charge is 0.323 e. The number of Topliss-reactive ketones (excluding diaryl/α,β-unsaturated/α-hetero) is 1. The van der Waals surface area contributed by atoms with Crippen LogP contribution in [-0.2, 0) is 20.7 Å². The van der Waals surface area contributed by atoms with Crippen molar-refractivity contribution in [3.05, 3.63) is 47.2 Å². The number of methoxy groups -OCH3 is 2. The number of hydrogen-bond donors (Lipinski definition) is 1. The zero-order valence-corrected chi connectivity index (χ0v) is 15.8. The molecule has 2 bridgehead atoms. The second-order valence-electron chi connectivity index (χ2n) is 7.16. The Kier molecular flexibility index (Phi) is 4.61. The van der Waals surface area contributed by atoms with Crippen molar-refractivity contribution < 1.29 is 19.1 Å². The Hall–Kier alpha value is -2.44.